The Labute approximate surface area is 166 Å². The fraction of sp³-hybridized carbons (Fsp3) is 0.130. The van der Waals surface area contributed by atoms with Crippen LogP contribution in [0.4, 0.5) is 0 Å². The van der Waals surface area contributed by atoms with Crippen molar-refractivity contribution in [2.24, 2.45) is 0 Å². The van der Waals surface area contributed by atoms with Crippen LogP contribution in [0.5, 0.6) is 0 Å². The summed E-state index contributed by atoms with van der Waals surface area (Å²) < 4.78 is 6.03. The number of aliphatic hydroxyl groups is 1. The molecule has 0 fully saturated rings. The Kier molecular flexibility index (Phi) is 4.26. The molecular weight excluding hydrogens is 364 g/mol. The van der Waals surface area contributed by atoms with Gasteiger partial charge in [0.25, 0.3) is 0 Å². The second kappa shape index (κ2) is 7.07. The lowest BCUT2D eigenvalue weighted by molar-refractivity contribution is 0.298. The van der Waals surface area contributed by atoms with Crippen molar-refractivity contribution in [2.75, 3.05) is 6.61 Å². The summed E-state index contributed by atoms with van der Waals surface area (Å²) in [4.78, 5) is 7.76. The zero-order valence-electron chi connectivity index (χ0n) is 15.8. The molecule has 6 heteroatoms. The summed E-state index contributed by atoms with van der Waals surface area (Å²) in [5.74, 6) is 1.28. The topological polar surface area (TPSA) is 90.7 Å². The Morgan fingerprint density at radius 1 is 1.07 bits per heavy atom. The third kappa shape index (κ3) is 3.13. The van der Waals surface area contributed by atoms with Crippen molar-refractivity contribution >= 4 is 21.8 Å². The largest absolute Gasteiger partial charge is 0.441 e. The fourth-order valence-corrected chi connectivity index (χ4v) is 3.73. The highest BCUT2D eigenvalue weighted by Gasteiger charge is 2.15. The summed E-state index contributed by atoms with van der Waals surface area (Å²) in [6, 6.07) is 12.5. The van der Waals surface area contributed by atoms with E-state index in [1.165, 1.54) is 0 Å². The minimum atomic E-state index is 0.0855. The smallest absolute Gasteiger partial charge is 0.227 e. The first-order chi connectivity index (χ1) is 14.2. The van der Waals surface area contributed by atoms with Crippen LogP contribution in [-0.4, -0.2) is 31.9 Å². The molecule has 6 nitrogen and oxygen atoms in total. The number of fused-ring (bicyclic) bond motifs is 2. The molecule has 2 aromatic carbocycles. The highest BCUT2D eigenvalue weighted by molar-refractivity contribution is 6.01. The van der Waals surface area contributed by atoms with E-state index in [2.05, 4.69) is 57.1 Å². The quantitative estimate of drug-likeness (QED) is 0.365. The molecule has 0 saturated heterocycles. The summed E-state index contributed by atoms with van der Waals surface area (Å²) in [6.45, 7) is 4.06. The fourth-order valence-electron chi connectivity index (χ4n) is 3.73. The van der Waals surface area contributed by atoms with Crippen molar-refractivity contribution < 1.29 is 9.52 Å². The summed E-state index contributed by atoms with van der Waals surface area (Å²) in [6.07, 6.45) is 6.58. The first-order valence-electron chi connectivity index (χ1n) is 9.49. The van der Waals surface area contributed by atoms with Gasteiger partial charge in [-0.05, 0) is 41.8 Å². The average Bonchev–Trinajstić information content (AvgIpc) is 3.47. The van der Waals surface area contributed by atoms with Gasteiger partial charge in [-0.25, -0.2) is 4.98 Å². The number of oxazole rings is 1. The molecule has 3 heterocycles. The van der Waals surface area contributed by atoms with Gasteiger partial charge in [-0.3, -0.25) is 5.10 Å². The Balaban J connectivity index is 1.62. The van der Waals surface area contributed by atoms with Crippen LogP contribution < -0.4 is 0 Å². The van der Waals surface area contributed by atoms with Crippen molar-refractivity contribution in [3.05, 3.63) is 72.9 Å². The summed E-state index contributed by atoms with van der Waals surface area (Å²) in [7, 11) is 0. The Hall–Kier alpha value is -3.64. The number of aliphatic hydroxyl groups excluding tert-OH is 1. The van der Waals surface area contributed by atoms with Crippen LogP contribution in [0.3, 0.4) is 0 Å². The van der Waals surface area contributed by atoms with E-state index < -0.39 is 0 Å². The third-order valence-electron chi connectivity index (χ3n) is 5.14. The van der Waals surface area contributed by atoms with Crippen molar-refractivity contribution in [1.82, 2.24) is 20.2 Å². The Bertz CT molecular complexity index is 1330. The standard InChI is InChI=1S/C23H20N4O2/c1-14(6-8-28)9-16-12-25-23(29-16)19-10-15(11-22-20(19)13-26-27-22)17-3-2-4-21-18(17)5-7-24-21/h2-5,7,10-13,24,28H,1,6,8-9H2,(H,26,27). The van der Waals surface area contributed by atoms with Gasteiger partial charge in [0.05, 0.1) is 17.9 Å². The molecule has 29 heavy (non-hydrogen) atoms. The molecule has 0 unspecified atom stereocenters. The van der Waals surface area contributed by atoms with Crippen molar-refractivity contribution in [2.45, 2.75) is 12.8 Å². The first-order valence-corrected chi connectivity index (χ1v) is 9.49. The van der Waals surface area contributed by atoms with Gasteiger partial charge in [0.15, 0.2) is 0 Å². The van der Waals surface area contributed by atoms with Gasteiger partial charge in [0.2, 0.25) is 5.89 Å². The second-order valence-electron chi connectivity index (χ2n) is 7.13. The lowest BCUT2D eigenvalue weighted by Crippen LogP contribution is -1.90. The molecule has 0 aliphatic heterocycles. The van der Waals surface area contributed by atoms with Gasteiger partial charge >= 0.3 is 0 Å². The molecule has 0 radical (unpaired) electrons. The highest BCUT2D eigenvalue weighted by atomic mass is 16.4. The lowest BCUT2D eigenvalue weighted by Gasteiger charge is -2.07. The first kappa shape index (κ1) is 17.5. The van der Waals surface area contributed by atoms with E-state index in [1.54, 1.807) is 12.4 Å². The van der Waals surface area contributed by atoms with E-state index in [9.17, 15) is 0 Å². The molecule has 0 bridgehead atoms. The molecule has 3 N–H and O–H groups in total. The van der Waals surface area contributed by atoms with Gasteiger partial charge in [-0.2, -0.15) is 5.10 Å². The van der Waals surface area contributed by atoms with Crippen molar-refractivity contribution in [3.8, 4) is 22.6 Å². The Morgan fingerprint density at radius 2 is 2.00 bits per heavy atom. The van der Waals surface area contributed by atoms with Gasteiger partial charge in [-0.15, -0.1) is 0 Å². The van der Waals surface area contributed by atoms with Crippen molar-refractivity contribution in [3.63, 3.8) is 0 Å². The van der Waals surface area contributed by atoms with Gasteiger partial charge in [0, 0.05) is 41.1 Å². The maximum Gasteiger partial charge on any atom is 0.227 e. The van der Waals surface area contributed by atoms with Gasteiger partial charge in [-0.1, -0.05) is 24.3 Å². The second-order valence-corrected chi connectivity index (χ2v) is 7.13. The zero-order chi connectivity index (χ0) is 19.8. The predicted octanol–water partition coefficient (Wildman–Crippen LogP) is 4.85. The maximum atomic E-state index is 9.07. The third-order valence-corrected chi connectivity index (χ3v) is 5.14. The van der Waals surface area contributed by atoms with Crippen molar-refractivity contribution in [1.29, 1.82) is 0 Å². The minimum absolute atomic E-state index is 0.0855. The highest BCUT2D eigenvalue weighted by Crippen LogP contribution is 2.35. The molecule has 0 atom stereocenters. The molecule has 0 aliphatic carbocycles. The average molecular weight is 384 g/mol. The van der Waals surface area contributed by atoms with Crippen LogP contribution in [0.2, 0.25) is 0 Å². The molecule has 0 amide bonds. The molecule has 5 aromatic rings. The summed E-state index contributed by atoms with van der Waals surface area (Å²) >= 11 is 0. The molecule has 0 saturated carbocycles. The maximum absolute atomic E-state index is 9.07. The van der Waals surface area contributed by atoms with E-state index >= 15 is 0 Å². The SMILES string of the molecule is C=C(CCO)Cc1cnc(-c2cc(-c3cccc4[nH]ccc34)cc3[nH]ncc23)o1. The summed E-state index contributed by atoms with van der Waals surface area (Å²) in [5.41, 5.74) is 6.01. The summed E-state index contributed by atoms with van der Waals surface area (Å²) in [5, 5.41) is 18.5. The minimum Gasteiger partial charge on any atom is -0.441 e. The van der Waals surface area contributed by atoms with Crippen LogP contribution in [0.15, 0.2) is 71.6 Å². The van der Waals surface area contributed by atoms with E-state index in [0.717, 1.165) is 49.8 Å². The molecule has 144 valence electrons. The van der Waals surface area contributed by atoms with Crippen LogP contribution in [0.1, 0.15) is 12.2 Å². The number of hydrogen-bond acceptors (Lipinski definition) is 4. The monoisotopic (exact) mass is 384 g/mol. The number of rotatable bonds is 6. The van der Waals surface area contributed by atoms with E-state index in [-0.39, 0.29) is 6.61 Å². The normalized spacial score (nSPS) is 11.5. The van der Waals surface area contributed by atoms with Gasteiger partial charge in [0.1, 0.15) is 5.76 Å². The molecule has 0 aliphatic rings. The number of nitrogens with one attached hydrogen (secondary N) is 2. The molecule has 0 spiro atoms. The lowest BCUT2D eigenvalue weighted by atomic mass is 9.98. The Morgan fingerprint density at radius 3 is 2.90 bits per heavy atom. The zero-order valence-corrected chi connectivity index (χ0v) is 15.8. The number of aromatic amines is 2. The van der Waals surface area contributed by atoms with Crippen LogP contribution >= 0.6 is 0 Å². The number of nitrogens with zero attached hydrogens (tertiary/aromatic N) is 2. The predicted molar refractivity (Wildman–Crippen MR) is 113 cm³/mol. The van der Waals surface area contributed by atoms with Gasteiger partial charge < -0.3 is 14.5 Å². The molecule has 5 rings (SSSR count). The number of benzene rings is 2. The van der Waals surface area contributed by atoms with Crippen LogP contribution in [-0.2, 0) is 6.42 Å². The van der Waals surface area contributed by atoms with E-state index in [4.69, 9.17) is 9.52 Å². The van der Waals surface area contributed by atoms with E-state index in [1.807, 2.05) is 12.3 Å². The van der Waals surface area contributed by atoms with Crippen LogP contribution in [0, 0.1) is 0 Å². The number of aromatic nitrogens is 4. The molecule has 3 aromatic heterocycles. The van der Waals surface area contributed by atoms with E-state index in [0.29, 0.717) is 18.7 Å². The number of H-pyrrole nitrogens is 2. The van der Waals surface area contributed by atoms with Crippen LogP contribution in [0.25, 0.3) is 44.4 Å². The molecular formula is C23H20N4O2. The number of hydrogen-bond donors (Lipinski definition) is 3.